The molecule has 0 bridgehead atoms. The number of anilines is 1. The minimum atomic E-state index is -0.433. The van der Waals surface area contributed by atoms with Crippen molar-refractivity contribution in [2.75, 3.05) is 12.3 Å². The average Bonchev–Trinajstić information content (AvgIpc) is 2.82. The van der Waals surface area contributed by atoms with E-state index in [9.17, 15) is 4.79 Å². The second-order valence-corrected chi connectivity index (χ2v) is 7.43. The van der Waals surface area contributed by atoms with Gasteiger partial charge in [-0.05, 0) is 35.0 Å². The van der Waals surface area contributed by atoms with Crippen molar-refractivity contribution >= 4 is 61.2 Å². The molecule has 0 aliphatic heterocycles. The highest BCUT2D eigenvalue weighted by Crippen LogP contribution is 2.45. The molecule has 2 aromatic rings. The lowest BCUT2D eigenvalue weighted by Gasteiger charge is -2.03. The van der Waals surface area contributed by atoms with Gasteiger partial charge in [0, 0.05) is 10.4 Å². The topological polar surface area (TPSA) is 52.3 Å². The molecule has 2 rings (SSSR count). The second-order valence-electron chi connectivity index (χ2n) is 3.31. The summed E-state index contributed by atoms with van der Waals surface area (Å²) < 4.78 is 6.48. The largest absolute Gasteiger partial charge is 0.462 e. The summed E-state index contributed by atoms with van der Waals surface area (Å²) in [5.41, 5.74) is 6.87. The van der Waals surface area contributed by atoms with Crippen LogP contribution >= 0.6 is 50.2 Å². The predicted molar refractivity (Wildman–Crippen MR) is 80.7 cm³/mol. The van der Waals surface area contributed by atoms with Crippen LogP contribution in [0.15, 0.2) is 15.9 Å². The molecule has 0 radical (unpaired) electrons. The number of hydrogen-bond acceptors (Lipinski definition) is 5. The fourth-order valence-electron chi connectivity index (χ4n) is 1.49. The van der Waals surface area contributed by atoms with Gasteiger partial charge in [0.05, 0.1) is 10.4 Å². The van der Waals surface area contributed by atoms with Gasteiger partial charge in [0.1, 0.15) is 14.9 Å². The van der Waals surface area contributed by atoms with E-state index in [1.165, 1.54) is 22.7 Å². The number of esters is 1. The summed E-state index contributed by atoms with van der Waals surface area (Å²) in [6, 6.07) is 3.80. The number of carbonyl (C=O) groups excluding carboxylic acids is 1. The van der Waals surface area contributed by atoms with E-state index in [4.69, 9.17) is 22.1 Å². The lowest BCUT2D eigenvalue weighted by atomic mass is 10.1. The van der Waals surface area contributed by atoms with Gasteiger partial charge in [-0.15, -0.1) is 22.7 Å². The molecule has 0 unspecified atom stereocenters. The van der Waals surface area contributed by atoms with Gasteiger partial charge in [-0.3, -0.25) is 0 Å². The van der Waals surface area contributed by atoms with Crippen LogP contribution in [0.4, 0.5) is 5.00 Å². The molecular weight excluding hydrogens is 358 g/mol. The van der Waals surface area contributed by atoms with E-state index < -0.39 is 5.97 Å². The van der Waals surface area contributed by atoms with Gasteiger partial charge in [-0.25, -0.2) is 4.79 Å². The molecular formula is C11H9BrClNO2S2. The van der Waals surface area contributed by atoms with Crippen molar-refractivity contribution in [1.82, 2.24) is 0 Å². The van der Waals surface area contributed by atoms with Crippen LogP contribution in [0.5, 0.6) is 0 Å². The van der Waals surface area contributed by atoms with Crippen molar-refractivity contribution in [3.63, 3.8) is 0 Å². The minimum absolute atomic E-state index is 0.305. The monoisotopic (exact) mass is 365 g/mol. The molecule has 2 heterocycles. The van der Waals surface area contributed by atoms with E-state index in [0.29, 0.717) is 27.1 Å². The maximum Gasteiger partial charge on any atom is 0.341 e. The smallest absolute Gasteiger partial charge is 0.341 e. The van der Waals surface area contributed by atoms with Crippen molar-refractivity contribution in [1.29, 1.82) is 0 Å². The lowest BCUT2D eigenvalue weighted by molar-refractivity contribution is 0.0529. The molecule has 0 aromatic carbocycles. The Balaban J connectivity index is 2.56. The summed E-state index contributed by atoms with van der Waals surface area (Å²) >= 11 is 12.2. The highest BCUT2D eigenvalue weighted by atomic mass is 79.9. The predicted octanol–water partition coefficient (Wildman–Crippen LogP) is 4.65. The first-order chi connectivity index (χ1) is 8.54. The van der Waals surface area contributed by atoms with E-state index >= 15 is 0 Å². The van der Waals surface area contributed by atoms with Gasteiger partial charge < -0.3 is 10.5 Å². The van der Waals surface area contributed by atoms with E-state index in [0.717, 1.165) is 8.66 Å². The van der Waals surface area contributed by atoms with Crippen molar-refractivity contribution in [2.45, 2.75) is 6.92 Å². The zero-order valence-corrected chi connectivity index (χ0v) is 13.3. The SMILES string of the molecule is CCOC(=O)c1c(N)sc(Cl)c1-c1ccc(Br)s1. The first-order valence-electron chi connectivity index (χ1n) is 5.05. The molecule has 2 N–H and O–H groups in total. The first kappa shape index (κ1) is 13.9. The molecule has 3 nitrogen and oxygen atoms in total. The number of nitrogen functional groups attached to an aromatic ring is 1. The van der Waals surface area contributed by atoms with Crippen molar-refractivity contribution in [3.05, 3.63) is 25.8 Å². The fourth-order valence-corrected chi connectivity index (χ4v) is 4.30. The number of thiophene rings is 2. The maximum absolute atomic E-state index is 11.9. The summed E-state index contributed by atoms with van der Waals surface area (Å²) in [6.45, 7) is 2.06. The highest BCUT2D eigenvalue weighted by molar-refractivity contribution is 9.11. The highest BCUT2D eigenvalue weighted by Gasteiger charge is 2.24. The Labute approximate surface area is 126 Å². The van der Waals surface area contributed by atoms with Crippen LogP contribution in [0, 0.1) is 0 Å². The molecule has 7 heteroatoms. The van der Waals surface area contributed by atoms with Crippen molar-refractivity contribution in [2.24, 2.45) is 0 Å². The molecule has 96 valence electrons. The molecule has 0 amide bonds. The molecule has 0 atom stereocenters. The third-order valence-corrected chi connectivity index (χ3v) is 5.06. The first-order valence-corrected chi connectivity index (χ1v) is 7.85. The quantitative estimate of drug-likeness (QED) is 0.804. The van der Waals surface area contributed by atoms with Gasteiger partial charge in [0.2, 0.25) is 0 Å². The van der Waals surface area contributed by atoms with E-state index in [1.807, 2.05) is 12.1 Å². The minimum Gasteiger partial charge on any atom is -0.462 e. The zero-order chi connectivity index (χ0) is 13.3. The zero-order valence-electron chi connectivity index (χ0n) is 9.33. The summed E-state index contributed by atoms with van der Waals surface area (Å²) in [5.74, 6) is -0.433. The number of rotatable bonds is 3. The van der Waals surface area contributed by atoms with Crippen molar-refractivity contribution < 1.29 is 9.53 Å². The molecule has 2 aromatic heterocycles. The number of nitrogens with two attached hydrogens (primary N) is 1. The molecule has 0 saturated heterocycles. The third-order valence-electron chi connectivity index (χ3n) is 2.19. The normalized spacial score (nSPS) is 10.6. The Morgan fingerprint density at radius 3 is 2.78 bits per heavy atom. The Kier molecular flexibility index (Phi) is 4.32. The summed E-state index contributed by atoms with van der Waals surface area (Å²) in [7, 11) is 0. The van der Waals surface area contributed by atoms with Crippen LogP contribution in [0.2, 0.25) is 4.34 Å². The van der Waals surface area contributed by atoms with Gasteiger partial charge in [-0.1, -0.05) is 11.6 Å². The van der Waals surface area contributed by atoms with E-state index in [1.54, 1.807) is 6.92 Å². The summed E-state index contributed by atoms with van der Waals surface area (Å²) in [6.07, 6.45) is 0. The molecule has 18 heavy (non-hydrogen) atoms. The number of ether oxygens (including phenoxy) is 1. The molecule has 0 spiro atoms. The van der Waals surface area contributed by atoms with E-state index in [-0.39, 0.29) is 0 Å². The Hall–Kier alpha value is -0.560. The fraction of sp³-hybridized carbons (Fsp3) is 0.182. The molecule has 0 aliphatic rings. The second kappa shape index (κ2) is 5.61. The van der Waals surface area contributed by atoms with Crippen LogP contribution in [0.25, 0.3) is 10.4 Å². The standard InChI is InChI=1S/C11H9BrClNO2S2/c1-2-16-11(15)8-7(9(13)18-10(8)14)5-3-4-6(12)17-5/h3-4H,2,14H2,1H3. The number of carbonyl (C=O) groups is 1. The van der Waals surface area contributed by atoms with Crippen LogP contribution in [0.3, 0.4) is 0 Å². The van der Waals surface area contributed by atoms with Gasteiger partial charge in [0.25, 0.3) is 0 Å². The van der Waals surface area contributed by atoms with Gasteiger partial charge in [-0.2, -0.15) is 0 Å². The van der Waals surface area contributed by atoms with Crippen LogP contribution in [-0.4, -0.2) is 12.6 Å². The summed E-state index contributed by atoms with van der Waals surface area (Å²) in [5, 5.41) is 0.387. The average molecular weight is 367 g/mol. The maximum atomic E-state index is 11.9. The van der Waals surface area contributed by atoms with Crippen LogP contribution in [0.1, 0.15) is 17.3 Å². The van der Waals surface area contributed by atoms with Gasteiger partial charge in [0.15, 0.2) is 0 Å². The van der Waals surface area contributed by atoms with Crippen LogP contribution < -0.4 is 5.73 Å². The third kappa shape index (κ3) is 2.56. The Morgan fingerprint density at radius 2 is 2.22 bits per heavy atom. The van der Waals surface area contributed by atoms with Gasteiger partial charge >= 0.3 is 5.97 Å². The molecule has 0 fully saturated rings. The lowest BCUT2D eigenvalue weighted by Crippen LogP contribution is -2.07. The Morgan fingerprint density at radius 1 is 1.50 bits per heavy atom. The van der Waals surface area contributed by atoms with E-state index in [2.05, 4.69) is 15.9 Å². The number of hydrogen-bond donors (Lipinski definition) is 1. The molecule has 0 aliphatic carbocycles. The molecule has 0 saturated carbocycles. The number of halogens is 2. The van der Waals surface area contributed by atoms with Crippen LogP contribution in [-0.2, 0) is 4.74 Å². The summed E-state index contributed by atoms with van der Waals surface area (Å²) in [4.78, 5) is 12.8. The van der Waals surface area contributed by atoms with Crippen molar-refractivity contribution in [3.8, 4) is 10.4 Å². The Bertz CT molecular complexity index is 594.